The zero-order valence-electron chi connectivity index (χ0n) is 11.7. The predicted octanol–water partition coefficient (Wildman–Crippen LogP) is 3.62. The van der Waals surface area contributed by atoms with Crippen molar-refractivity contribution in [2.45, 2.75) is 13.8 Å². The van der Waals surface area contributed by atoms with Crippen molar-refractivity contribution in [1.82, 2.24) is 9.97 Å². The van der Waals surface area contributed by atoms with Gasteiger partial charge in [0.1, 0.15) is 5.82 Å². The van der Waals surface area contributed by atoms with E-state index in [0.717, 1.165) is 5.56 Å². The van der Waals surface area contributed by atoms with E-state index in [1.54, 1.807) is 50.5 Å². The Bertz CT molecular complexity index is 835. The lowest BCUT2D eigenvalue weighted by molar-refractivity contribution is 0.103. The van der Waals surface area contributed by atoms with E-state index in [-0.39, 0.29) is 11.3 Å². The lowest BCUT2D eigenvalue weighted by Gasteiger charge is -2.08. The summed E-state index contributed by atoms with van der Waals surface area (Å²) in [6.45, 7) is 3.54. The fourth-order valence-corrected chi connectivity index (χ4v) is 2.45. The topological polar surface area (TPSA) is 42.9 Å². The van der Waals surface area contributed by atoms with Crippen LogP contribution in [0.25, 0.3) is 11.0 Å². The molecule has 0 saturated heterocycles. The van der Waals surface area contributed by atoms with Gasteiger partial charge in [-0.1, -0.05) is 6.07 Å². The molecule has 0 radical (unpaired) electrons. The molecule has 0 atom stereocenters. The second-order valence-electron chi connectivity index (χ2n) is 5.03. The van der Waals surface area contributed by atoms with Gasteiger partial charge in [-0.3, -0.25) is 14.8 Å². The number of hydrogen-bond donors (Lipinski definition) is 0. The van der Waals surface area contributed by atoms with Gasteiger partial charge >= 0.3 is 0 Å². The molecule has 3 nitrogen and oxygen atoms in total. The van der Waals surface area contributed by atoms with E-state index >= 15 is 0 Å². The number of rotatable bonds is 2. The van der Waals surface area contributed by atoms with Crippen molar-refractivity contribution in [3.05, 3.63) is 70.8 Å². The summed E-state index contributed by atoms with van der Waals surface area (Å²) < 4.78 is 14.1. The van der Waals surface area contributed by atoms with Crippen LogP contribution < -0.4 is 0 Å². The molecule has 104 valence electrons. The maximum absolute atomic E-state index is 14.1. The van der Waals surface area contributed by atoms with Crippen molar-refractivity contribution in [1.29, 1.82) is 0 Å². The molecular weight excluding hydrogens is 267 g/mol. The third-order valence-corrected chi connectivity index (χ3v) is 3.39. The van der Waals surface area contributed by atoms with Crippen LogP contribution in [-0.4, -0.2) is 15.8 Å². The second-order valence-corrected chi connectivity index (χ2v) is 5.03. The molecule has 0 aliphatic carbocycles. The molecule has 0 unspecified atom stereocenters. The van der Waals surface area contributed by atoms with Gasteiger partial charge in [-0.2, -0.15) is 0 Å². The maximum Gasteiger partial charge on any atom is 0.196 e. The standard InChI is InChI=1S/C17H13FN2O/c1-10-7-11(2)16(13(18)8-10)17(21)12-3-4-14-15(9-12)20-6-5-19-14/h3-9H,1-2H3. The van der Waals surface area contributed by atoms with Gasteiger partial charge in [0, 0.05) is 18.0 Å². The van der Waals surface area contributed by atoms with E-state index in [1.807, 2.05) is 0 Å². The highest BCUT2D eigenvalue weighted by Crippen LogP contribution is 2.21. The Hall–Kier alpha value is -2.62. The molecule has 0 amide bonds. The van der Waals surface area contributed by atoms with Crippen molar-refractivity contribution in [3.8, 4) is 0 Å². The number of halogens is 1. The van der Waals surface area contributed by atoms with E-state index in [1.165, 1.54) is 6.07 Å². The van der Waals surface area contributed by atoms with E-state index in [9.17, 15) is 9.18 Å². The number of carbonyl (C=O) groups is 1. The summed E-state index contributed by atoms with van der Waals surface area (Å²) in [7, 11) is 0. The molecule has 2 aromatic carbocycles. The van der Waals surface area contributed by atoms with Gasteiger partial charge in [-0.15, -0.1) is 0 Å². The number of aromatic nitrogens is 2. The first-order valence-corrected chi connectivity index (χ1v) is 6.58. The molecule has 4 heteroatoms. The summed E-state index contributed by atoms with van der Waals surface area (Å²) in [5, 5.41) is 0. The Morgan fingerprint density at radius 3 is 2.43 bits per heavy atom. The van der Waals surface area contributed by atoms with Crippen molar-refractivity contribution in [2.24, 2.45) is 0 Å². The van der Waals surface area contributed by atoms with Gasteiger partial charge < -0.3 is 0 Å². The second kappa shape index (κ2) is 5.05. The molecule has 1 aromatic heterocycles. The lowest BCUT2D eigenvalue weighted by atomic mass is 9.96. The molecule has 0 aliphatic rings. The SMILES string of the molecule is Cc1cc(C)c(C(=O)c2ccc3nccnc3c2)c(F)c1. The molecule has 0 spiro atoms. The van der Waals surface area contributed by atoms with Crippen LogP contribution in [0.3, 0.4) is 0 Å². The van der Waals surface area contributed by atoms with E-state index in [0.29, 0.717) is 22.2 Å². The number of nitrogens with zero attached hydrogens (tertiary/aromatic N) is 2. The van der Waals surface area contributed by atoms with Crippen LogP contribution in [0, 0.1) is 19.7 Å². The van der Waals surface area contributed by atoms with Gasteiger partial charge in [0.2, 0.25) is 0 Å². The summed E-state index contributed by atoms with van der Waals surface area (Å²) in [5.74, 6) is -0.825. The number of ketones is 1. The lowest BCUT2D eigenvalue weighted by Crippen LogP contribution is -2.07. The summed E-state index contributed by atoms with van der Waals surface area (Å²) in [5.41, 5.74) is 3.28. The molecule has 0 bridgehead atoms. The van der Waals surface area contributed by atoms with Crippen molar-refractivity contribution >= 4 is 16.8 Å². The first-order valence-electron chi connectivity index (χ1n) is 6.58. The maximum atomic E-state index is 14.1. The Morgan fingerprint density at radius 2 is 1.71 bits per heavy atom. The normalized spacial score (nSPS) is 10.8. The van der Waals surface area contributed by atoms with Gasteiger partial charge in [0.25, 0.3) is 0 Å². The highest BCUT2D eigenvalue weighted by Gasteiger charge is 2.17. The molecule has 0 saturated carbocycles. The first kappa shape index (κ1) is 13.4. The monoisotopic (exact) mass is 280 g/mol. The molecule has 1 heterocycles. The minimum atomic E-state index is -0.489. The number of benzene rings is 2. The van der Waals surface area contributed by atoms with Gasteiger partial charge in [-0.25, -0.2) is 4.39 Å². The van der Waals surface area contributed by atoms with Crippen LogP contribution in [0.15, 0.2) is 42.7 Å². The molecule has 0 aliphatic heterocycles. The zero-order chi connectivity index (χ0) is 15.0. The quantitative estimate of drug-likeness (QED) is 0.673. The molecule has 3 aromatic rings. The number of aryl methyl sites for hydroxylation is 2. The highest BCUT2D eigenvalue weighted by molar-refractivity contribution is 6.11. The minimum Gasteiger partial charge on any atom is -0.288 e. The summed E-state index contributed by atoms with van der Waals surface area (Å²) >= 11 is 0. The Labute approximate surface area is 121 Å². The molecule has 3 rings (SSSR count). The van der Waals surface area contributed by atoms with Gasteiger partial charge in [-0.05, 0) is 49.2 Å². The third-order valence-electron chi connectivity index (χ3n) is 3.39. The first-order chi connectivity index (χ1) is 10.1. The van der Waals surface area contributed by atoms with Crippen LogP contribution in [0.1, 0.15) is 27.0 Å². The van der Waals surface area contributed by atoms with Crippen LogP contribution in [0.5, 0.6) is 0 Å². The predicted molar refractivity (Wildman–Crippen MR) is 78.8 cm³/mol. The Morgan fingerprint density at radius 1 is 1.00 bits per heavy atom. The van der Waals surface area contributed by atoms with Gasteiger partial charge in [0.15, 0.2) is 5.78 Å². The van der Waals surface area contributed by atoms with Crippen LogP contribution in [0.2, 0.25) is 0 Å². The van der Waals surface area contributed by atoms with E-state index in [2.05, 4.69) is 9.97 Å². The summed E-state index contributed by atoms with van der Waals surface area (Å²) in [6.07, 6.45) is 3.15. The largest absolute Gasteiger partial charge is 0.288 e. The molecule has 21 heavy (non-hydrogen) atoms. The van der Waals surface area contributed by atoms with Gasteiger partial charge in [0.05, 0.1) is 16.6 Å². The minimum absolute atomic E-state index is 0.115. The smallest absolute Gasteiger partial charge is 0.196 e. The summed E-state index contributed by atoms with van der Waals surface area (Å²) in [4.78, 5) is 20.9. The Balaban J connectivity index is 2.12. The third kappa shape index (κ3) is 2.40. The zero-order valence-corrected chi connectivity index (χ0v) is 11.7. The number of hydrogen-bond acceptors (Lipinski definition) is 3. The molecule has 0 fully saturated rings. The van der Waals surface area contributed by atoms with E-state index in [4.69, 9.17) is 0 Å². The van der Waals surface area contributed by atoms with Crippen molar-refractivity contribution in [3.63, 3.8) is 0 Å². The fraction of sp³-hybridized carbons (Fsp3) is 0.118. The average Bonchev–Trinajstić information content (AvgIpc) is 2.45. The number of carbonyl (C=O) groups excluding carboxylic acids is 1. The fourth-order valence-electron chi connectivity index (χ4n) is 2.45. The van der Waals surface area contributed by atoms with Crippen molar-refractivity contribution < 1.29 is 9.18 Å². The highest BCUT2D eigenvalue weighted by atomic mass is 19.1. The van der Waals surface area contributed by atoms with E-state index < -0.39 is 5.82 Å². The van der Waals surface area contributed by atoms with Crippen LogP contribution >= 0.6 is 0 Å². The molecule has 0 N–H and O–H groups in total. The summed E-state index contributed by atoms with van der Waals surface area (Å²) in [6, 6.07) is 8.19. The van der Waals surface area contributed by atoms with Crippen LogP contribution in [-0.2, 0) is 0 Å². The average molecular weight is 280 g/mol. The van der Waals surface area contributed by atoms with Crippen molar-refractivity contribution in [2.75, 3.05) is 0 Å². The molecular formula is C17H13FN2O. The van der Waals surface area contributed by atoms with Crippen LogP contribution in [0.4, 0.5) is 4.39 Å². The number of fused-ring (bicyclic) bond motifs is 1. The Kier molecular flexibility index (Phi) is 3.22.